The zero-order valence-electron chi connectivity index (χ0n) is 44.7. The summed E-state index contributed by atoms with van der Waals surface area (Å²) in [5.74, 6) is -1.04. The number of benzene rings is 2. The summed E-state index contributed by atoms with van der Waals surface area (Å²) in [5, 5.41) is 5.94. The number of carbonyl (C=O) groups is 7. The number of nitrogens with zero attached hydrogens (tertiary/aromatic N) is 9. The van der Waals surface area contributed by atoms with Gasteiger partial charge in [-0.25, -0.2) is 9.97 Å². The molecule has 0 radical (unpaired) electrons. The molecule has 77 heavy (non-hydrogen) atoms. The lowest BCUT2D eigenvalue weighted by molar-refractivity contribution is -0.150. The Labute approximate surface area is 449 Å². The minimum atomic E-state index is -1.02. The Bertz CT molecular complexity index is 3110. The van der Waals surface area contributed by atoms with Crippen molar-refractivity contribution >= 4 is 69.6 Å². The highest BCUT2D eigenvalue weighted by atomic mass is 16.2. The number of rotatable bonds is 10. The van der Waals surface area contributed by atoms with E-state index in [-0.39, 0.29) is 59.7 Å². The first kappa shape index (κ1) is 49.9. The predicted molar refractivity (Wildman–Crippen MR) is 289 cm³/mol. The standard InChI is InChI=1S/C59H71N11O7/c1-35(2)68-34-60-46-33-45(62-51(50(46)68)61-38-8-9-38)37-7-12-44-48(29-37)69(41-30-40(31-41)64-21-5-4-6-22-64)57(77)59(44)19-27-67(28-20-59)56(76)58(3)17-25-66(26-18-58)53(73)36-15-23-65(24-16-36)39-10-11-42-43(32-39)55(75)70(54(42)74)47-13-14-49(71)63-52(47)72/h7,10-12,29,32-36,38,40-41,47H,4-6,8-9,13-28,30-31H2,1-3H3,(H,61,62)(H,63,71,72)/t40-,41+,47?. The van der Waals surface area contributed by atoms with Crippen LogP contribution in [-0.2, 0) is 29.4 Å². The number of hydrogen-bond donors (Lipinski definition) is 2. The van der Waals surface area contributed by atoms with E-state index in [9.17, 15) is 28.8 Å². The molecule has 4 aromatic rings. The fourth-order valence-electron chi connectivity index (χ4n) is 14.3. The van der Waals surface area contributed by atoms with Crippen LogP contribution in [0.2, 0.25) is 0 Å². The molecule has 404 valence electrons. The number of imide groups is 2. The van der Waals surface area contributed by atoms with Gasteiger partial charge in [-0.15, -0.1) is 0 Å². The Hall–Kier alpha value is -6.69. The van der Waals surface area contributed by atoms with E-state index in [0.29, 0.717) is 89.9 Å². The van der Waals surface area contributed by atoms with Crippen LogP contribution in [0.3, 0.4) is 0 Å². The highest BCUT2D eigenvalue weighted by Gasteiger charge is 2.57. The van der Waals surface area contributed by atoms with E-state index in [0.717, 1.165) is 88.7 Å². The lowest BCUT2D eigenvalue weighted by Gasteiger charge is -2.48. The fraction of sp³-hybridized carbons (Fsp3) is 0.576. The highest BCUT2D eigenvalue weighted by molar-refractivity contribution is 6.24. The first-order chi connectivity index (χ1) is 37.2. The van der Waals surface area contributed by atoms with E-state index >= 15 is 4.79 Å². The van der Waals surface area contributed by atoms with E-state index in [1.807, 2.05) is 22.2 Å². The van der Waals surface area contributed by atoms with Crippen LogP contribution >= 0.6 is 0 Å². The second-order valence-corrected chi connectivity index (χ2v) is 24.4. The van der Waals surface area contributed by atoms with Gasteiger partial charge < -0.3 is 34.4 Å². The topological polar surface area (TPSA) is 194 Å². The molecule has 7 fully saturated rings. The Morgan fingerprint density at radius 1 is 0.740 bits per heavy atom. The van der Waals surface area contributed by atoms with Crippen LogP contribution in [0.15, 0.2) is 48.8 Å². The molecule has 0 bridgehead atoms. The van der Waals surface area contributed by atoms with Gasteiger partial charge in [-0.1, -0.05) is 25.5 Å². The average Bonchev–Trinajstić information content (AvgIpc) is 4.03. The van der Waals surface area contributed by atoms with Gasteiger partial charge in [-0.05, 0) is 146 Å². The lowest BCUT2D eigenvalue weighted by Crippen LogP contribution is -2.59. The van der Waals surface area contributed by atoms with Crippen LogP contribution in [0, 0.1) is 11.3 Å². The Kier molecular flexibility index (Phi) is 12.3. The molecule has 1 spiro atoms. The zero-order chi connectivity index (χ0) is 53.1. The van der Waals surface area contributed by atoms with Gasteiger partial charge in [0.1, 0.15) is 11.6 Å². The Balaban J connectivity index is 0.660. The van der Waals surface area contributed by atoms with Gasteiger partial charge in [0.05, 0.1) is 34.1 Å². The number of imidazole rings is 1. The summed E-state index contributed by atoms with van der Waals surface area (Å²) < 4.78 is 2.19. The molecule has 9 heterocycles. The van der Waals surface area contributed by atoms with Crippen LogP contribution in [0.4, 0.5) is 17.2 Å². The number of carbonyl (C=O) groups excluding carboxylic acids is 7. The maximum absolute atomic E-state index is 15.3. The third kappa shape index (κ3) is 8.49. The maximum atomic E-state index is 15.3. The van der Waals surface area contributed by atoms with Gasteiger partial charge in [0.15, 0.2) is 5.82 Å². The molecule has 1 unspecified atom stereocenters. The summed E-state index contributed by atoms with van der Waals surface area (Å²) in [7, 11) is 0. The van der Waals surface area contributed by atoms with Crippen LogP contribution < -0.4 is 20.4 Å². The number of hydrogen-bond acceptors (Lipinski definition) is 12. The van der Waals surface area contributed by atoms with Crippen molar-refractivity contribution in [3.63, 3.8) is 0 Å². The monoisotopic (exact) mass is 1050 g/mol. The lowest BCUT2D eigenvalue weighted by atomic mass is 9.72. The molecule has 9 aliphatic rings. The quantitative estimate of drug-likeness (QED) is 0.166. The van der Waals surface area contributed by atoms with Crippen molar-refractivity contribution in [2.45, 2.75) is 153 Å². The van der Waals surface area contributed by atoms with Crippen molar-refractivity contribution in [3.8, 4) is 11.3 Å². The molecule has 7 aliphatic heterocycles. The molecule has 2 saturated carbocycles. The van der Waals surface area contributed by atoms with Gasteiger partial charge in [-0.3, -0.25) is 43.8 Å². The first-order valence-corrected chi connectivity index (χ1v) is 28.7. The second kappa shape index (κ2) is 19.0. The minimum Gasteiger partial charge on any atom is -0.371 e. The molecular formula is C59H71N11O7. The smallest absolute Gasteiger partial charge is 0.262 e. The van der Waals surface area contributed by atoms with Crippen molar-refractivity contribution in [3.05, 3.63) is 65.5 Å². The number of likely N-dealkylation sites (tertiary alicyclic amines) is 3. The number of nitrogens with one attached hydrogen (secondary N) is 2. The van der Waals surface area contributed by atoms with E-state index in [2.05, 4.69) is 74.9 Å². The Morgan fingerprint density at radius 2 is 1.45 bits per heavy atom. The molecule has 13 rings (SSSR count). The first-order valence-electron chi connectivity index (χ1n) is 28.7. The largest absolute Gasteiger partial charge is 0.371 e. The second-order valence-electron chi connectivity index (χ2n) is 24.4. The van der Waals surface area contributed by atoms with Crippen molar-refractivity contribution in [2.24, 2.45) is 11.3 Å². The molecule has 5 saturated heterocycles. The maximum Gasteiger partial charge on any atom is 0.262 e. The summed E-state index contributed by atoms with van der Waals surface area (Å²) in [6.45, 7) is 11.9. The van der Waals surface area contributed by atoms with Gasteiger partial charge in [-0.2, -0.15) is 0 Å². The molecule has 7 amide bonds. The van der Waals surface area contributed by atoms with Crippen molar-refractivity contribution in [1.82, 2.24) is 39.5 Å². The van der Waals surface area contributed by atoms with Crippen molar-refractivity contribution < 1.29 is 33.6 Å². The Morgan fingerprint density at radius 3 is 2.16 bits per heavy atom. The molecule has 18 heteroatoms. The SMILES string of the molecule is CC(C)n1cnc2cc(-c3ccc4c(c3)N([C@H]3C[C@@H](N5CCCCC5)C3)C(=O)C43CCN(C(=O)C4(C)CCN(C(=O)C5CCN(c6ccc7c(c6)C(=O)N(C6CCC(=O)NC6=O)C7=O)CC5)CC4)CC3)nc(NC3CC3)c21. The summed E-state index contributed by atoms with van der Waals surface area (Å²) in [6.07, 6.45) is 13.6. The molecule has 18 nitrogen and oxygen atoms in total. The van der Waals surface area contributed by atoms with E-state index in [1.54, 1.807) is 12.1 Å². The number of anilines is 3. The van der Waals surface area contributed by atoms with Gasteiger partial charge in [0.25, 0.3) is 11.8 Å². The fourth-order valence-corrected chi connectivity index (χ4v) is 14.3. The molecule has 1 atom stereocenters. The number of pyridine rings is 1. The number of amides is 7. The third-order valence-electron chi connectivity index (χ3n) is 19.3. The summed E-state index contributed by atoms with van der Waals surface area (Å²) in [5.41, 5.74) is 5.72. The molecule has 2 aliphatic carbocycles. The number of fused-ring (bicyclic) bond motifs is 4. The molecule has 2 N–H and O–H groups in total. The van der Waals surface area contributed by atoms with Crippen molar-refractivity contribution in [1.29, 1.82) is 0 Å². The molecule has 2 aromatic heterocycles. The van der Waals surface area contributed by atoms with Crippen LogP contribution in [0.25, 0.3) is 22.3 Å². The van der Waals surface area contributed by atoms with Crippen LogP contribution in [0.1, 0.15) is 149 Å². The van der Waals surface area contributed by atoms with Crippen molar-refractivity contribution in [2.75, 3.05) is 67.5 Å². The molecule has 2 aromatic carbocycles. The van der Waals surface area contributed by atoms with E-state index < -0.39 is 40.5 Å². The van der Waals surface area contributed by atoms with Gasteiger partial charge >= 0.3 is 0 Å². The number of piperidine rings is 5. The van der Waals surface area contributed by atoms with Gasteiger partial charge in [0.2, 0.25) is 29.5 Å². The number of aromatic nitrogens is 3. The third-order valence-corrected chi connectivity index (χ3v) is 19.3. The van der Waals surface area contributed by atoms with E-state index in [4.69, 9.17) is 9.97 Å². The summed E-state index contributed by atoms with van der Waals surface area (Å²) in [4.78, 5) is 117. The molecular weight excluding hydrogens is 975 g/mol. The average molecular weight is 1050 g/mol. The zero-order valence-corrected chi connectivity index (χ0v) is 44.7. The minimum absolute atomic E-state index is 0.0581. The normalized spacial score (nSPS) is 25.7. The summed E-state index contributed by atoms with van der Waals surface area (Å²) in [6, 6.07) is 14.0. The van der Waals surface area contributed by atoms with E-state index in [1.165, 1.54) is 19.3 Å². The predicted octanol–water partition coefficient (Wildman–Crippen LogP) is 6.42. The van der Waals surface area contributed by atoms with Crippen LogP contribution in [-0.4, -0.2) is 152 Å². The van der Waals surface area contributed by atoms with Gasteiger partial charge in [0, 0.05) is 98.1 Å². The summed E-state index contributed by atoms with van der Waals surface area (Å²) >= 11 is 0. The highest BCUT2D eigenvalue weighted by Crippen LogP contribution is 2.53. The van der Waals surface area contributed by atoms with Crippen LogP contribution in [0.5, 0.6) is 0 Å².